The Bertz CT molecular complexity index is 1100. The number of amides is 3. The highest BCUT2D eigenvalue weighted by Crippen LogP contribution is 2.23. The van der Waals surface area contributed by atoms with Crippen molar-refractivity contribution >= 4 is 29.1 Å². The first kappa shape index (κ1) is 21.8. The molecule has 0 aliphatic heterocycles. The summed E-state index contributed by atoms with van der Waals surface area (Å²) in [7, 11) is 0. The van der Waals surface area contributed by atoms with Gasteiger partial charge in [-0.2, -0.15) is 0 Å². The maximum atomic E-state index is 14.2. The fourth-order valence-corrected chi connectivity index (χ4v) is 3.09. The summed E-state index contributed by atoms with van der Waals surface area (Å²) < 4.78 is 19.3. The highest BCUT2D eigenvalue weighted by molar-refractivity contribution is 6.05. The molecule has 160 valence electrons. The van der Waals surface area contributed by atoms with Crippen LogP contribution in [0.5, 0.6) is 0 Å². The lowest BCUT2D eigenvalue weighted by Gasteiger charge is -2.18. The van der Waals surface area contributed by atoms with Gasteiger partial charge in [0.2, 0.25) is 11.8 Å². The van der Waals surface area contributed by atoms with E-state index in [0.717, 1.165) is 11.6 Å². The predicted octanol–water partition coefficient (Wildman–Crippen LogP) is 4.19. The average molecular weight is 423 g/mol. The summed E-state index contributed by atoms with van der Waals surface area (Å²) in [4.78, 5) is 36.4. The molecule has 0 spiro atoms. The highest BCUT2D eigenvalue weighted by atomic mass is 19.1. The van der Waals surface area contributed by atoms with E-state index in [1.165, 1.54) is 31.4 Å². The minimum absolute atomic E-state index is 0.0170. The van der Waals surface area contributed by atoms with E-state index in [-0.39, 0.29) is 29.5 Å². The SMILES string of the molecule is CC(=O)NC(CC(=O)Nc1ccc(F)c(NC(=O)c2ccoc2C)c1)c1ccccc1. The molecule has 31 heavy (non-hydrogen) atoms. The summed E-state index contributed by atoms with van der Waals surface area (Å²) in [6.45, 7) is 3.00. The van der Waals surface area contributed by atoms with E-state index in [2.05, 4.69) is 16.0 Å². The quantitative estimate of drug-likeness (QED) is 0.531. The minimum atomic E-state index is -0.645. The summed E-state index contributed by atoms with van der Waals surface area (Å²) in [5.74, 6) is -1.40. The number of aryl methyl sites for hydroxylation is 1. The van der Waals surface area contributed by atoms with Crippen LogP contribution in [0.3, 0.4) is 0 Å². The molecule has 0 fully saturated rings. The lowest BCUT2D eigenvalue weighted by molar-refractivity contribution is -0.120. The largest absolute Gasteiger partial charge is 0.469 e. The molecule has 3 N–H and O–H groups in total. The number of furan rings is 1. The molecule has 1 atom stereocenters. The van der Waals surface area contributed by atoms with Gasteiger partial charge in [-0.1, -0.05) is 30.3 Å². The molecule has 1 heterocycles. The van der Waals surface area contributed by atoms with Crippen LogP contribution in [-0.2, 0) is 9.59 Å². The van der Waals surface area contributed by atoms with Crippen molar-refractivity contribution in [3.8, 4) is 0 Å². The van der Waals surface area contributed by atoms with Crippen LogP contribution in [0, 0.1) is 12.7 Å². The van der Waals surface area contributed by atoms with Gasteiger partial charge in [-0.3, -0.25) is 14.4 Å². The van der Waals surface area contributed by atoms with E-state index in [1.807, 2.05) is 30.3 Å². The first-order valence-electron chi connectivity index (χ1n) is 9.60. The summed E-state index contributed by atoms with van der Waals surface area (Å²) in [5, 5.41) is 7.91. The summed E-state index contributed by atoms with van der Waals surface area (Å²) in [5.41, 5.74) is 1.30. The molecular formula is C23H22FN3O4. The van der Waals surface area contributed by atoms with Crippen molar-refractivity contribution in [2.24, 2.45) is 0 Å². The van der Waals surface area contributed by atoms with Crippen LogP contribution in [0.2, 0.25) is 0 Å². The molecule has 0 saturated heterocycles. The number of hydrogen-bond donors (Lipinski definition) is 3. The molecule has 0 saturated carbocycles. The third-order valence-electron chi connectivity index (χ3n) is 4.57. The van der Waals surface area contributed by atoms with Gasteiger partial charge >= 0.3 is 0 Å². The first-order chi connectivity index (χ1) is 14.8. The third kappa shape index (κ3) is 5.79. The number of hydrogen-bond acceptors (Lipinski definition) is 4. The molecule has 8 heteroatoms. The summed E-state index contributed by atoms with van der Waals surface area (Å²) in [6, 6.07) is 14.0. The Balaban J connectivity index is 1.71. The van der Waals surface area contributed by atoms with Gasteiger partial charge in [-0.15, -0.1) is 0 Å². The monoisotopic (exact) mass is 423 g/mol. The first-order valence-corrected chi connectivity index (χ1v) is 9.60. The van der Waals surface area contributed by atoms with Gasteiger partial charge in [-0.25, -0.2) is 4.39 Å². The van der Waals surface area contributed by atoms with Gasteiger partial charge < -0.3 is 20.4 Å². The lowest BCUT2D eigenvalue weighted by atomic mass is 10.0. The normalized spacial score (nSPS) is 11.5. The van der Waals surface area contributed by atoms with Gasteiger partial charge in [0.1, 0.15) is 11.6 Å². The lowest BCUT2D eigenvalue weighted by Crippen LogP contribution is -2.29. The molecule has 2 aromatic carbocycles. The molecule has 0 bridgehead atoms. The van der Waals surface area contributed by atoms with Crippen molar-refractivity contribution in [2.45, 2.75) is 26.3 Å². The highest BCUT2D eigenvalue weighted by Gasteiger charge is 2.18. The number of carbonyl (C=O) groups is 3. The molecule has 3 aromatic rings. The Morgan fingerprint density at radius 3 is 2.42 bits per heavy atom. The Labute approximate surface area is 178 Å². The van der Waals surface area contributed by atoms with Gasteiger partial charge in [0.25, 0.3) is 5.91 Å². The fraction of sp³-hybridized carbons (Fsp3) is 0.174. The number of halogens is 1. The Morgan fingerprint density at radius 2 is 1.77 bits per heavy atom. The second-order valence-electron chi connectivity index (χ2n) is 6.96. The topological polar surface area (TPSA) is 100 Å². The molecule has 0 aliphatic rings. The predicted molar refractivity (Wildman–Crippen MR) is 114 cm³/mol. The van der Waals surface area contributed by atoms with Crippen molar-refractivity contribution in [2.75, 3.05) is 10.6 Å². The van der Waals surface area contributed by atoms with Crippen LogP contribution < -0.4 is 16.0 Å². The van der Waals surface area contributed by atoms with E-state index in [9.17, 15) is 18.8 Å². The average Bonchev–Trinajstić information content (AvgIpc) is 3.16. The zero-order chi connectivity index (χ0) is 22.4. The van der Waals surface area contributed by atoms with Crippen LogP contribution in [-0.4, -0.2) is 17.7 Å². The zero-order valence-electron chi connectivity index (χ0n) is 17.1. The van der Waals surface area contributed by atoms with E-state index >= 15 is 0 Å². The Hall–Kier alpha value is -3.94. The van der Waals surface area contributed by atoms with Gasteiger partial charge in [0, 0.05) is 12.6 Å². The van der Waals surface area contributed by atoms with E-state index in [0.29, 0.717) is 11.4 Å². The Kier molecular flexibility index (Phi) is 6.81. The van der Waals surface area contributed by atoms with Crippen LogP contribution in [0.25, 0.3) is 0 Å². The summed E-state index contributed by atoms with van der Waals surface area (Å²) in [6.07, 6.45) is 1.35. The van der Waals surface area contributed by atoms with Crippen molar-refractivity contribution in [1.29, 1.82) is 0 Å². The molecule has 7 nitrogen and oxygen atoms in total. The second-order valence-corrected chi connectivity index (χ2v) is 6.96. The van der Waals surface area contributed by atoms with Crippen molar-refractivity contribution in [1.82, 2.24) is 5.32 Å². The zero-order valence-corrected chi connectivity index (χ0v) is 17.1. The number of carbonyl (C=O) groups excluding carboxylic acids is 3. The molecule has 0 radical (unpaired) electrons. The fourth-order valence-electron chi connectivity index (χ4n) is 3.09. The van der Waals surface area contributed by atoms with Crippen molar-refractivity contribution in [3.05, 3.63) is 83.6 Å². The van der Waals surface area contributed by atoms with E-state index < -0.39 is 17.8 Å². The van der Waals surface area contributed by atoms with Crippen molar-refractivity contribution < 1.29 is 23.2 Å². The molecule has 3 amide bonds. The number of benzene rings is 2. The number of rotatable bonds is 7. The second kappa shape index (κ2) is 9.71. The van der Waals surface area contributed by atoms with Crippen LogP contribution in [0.4, 0.5) is 15.8 Å². The maximum absolute atomic E-state index is 14.2. The van der Waals surface area contributed by atoms with E-state index in [1.54, 1.807) is 6.92 Å². The van der Waals surface area contributed by atoms with Crippen LogP contribution in [0.1, 0.15) is 41.1 Å². The summed E-state index contributed by atoms with van der Waals surface area (Å²) >= 11 is 0. The van der Waals surface area contributed by atoms with Gasteiger partial charge in [-0.05, 0) is 36.8 Å². The number of anilines is 2. The van der Waals surface area contributed by atoms with Gasteiger partial charge in [0.05, 0.1) is 30.0 Å². The van der Waals surface area contributed by atoms with Gasteiger partial charge in [0.15, 0.2) is 0 Å². The molecule has 1 aromatic heterocycles. The smallest absolute Gasteiger partial charge is 0.259 e. The maximum Gasteiger partial charge on any atom is 0.259 e. The molecule has 0 aliphatic carbocycles. The third-order valence-corrected chi connectivity index (χ3v) is 4.57. The molecule has 3 rings (SSSR count). The molecule has 1 unspecified atom stereocenters. The van der Waals surface area contributed by atoms with Crippen molar-refractivity contribution in [3.63, 3.8) is 0 Å². The number of nitrogens with one attached hydrogen (secondary N) is 3. The standard InChI is InChI=1S/C23H22FN3O4/c1-14-18(10-11-31-14)23(30)27-21-12-17(8-9-19(21)24)26-22(29)13-20(25-15(2)28)16-6-4-3-5-7-16/h3-12,20H,13H2,1-2H3,(H,25,28)(H,26,29)(H,27,30). The van der Waals surface area contributed by atoms with E-state index in [4.69, 9.17) is 4.42 Å². The van der Waals surface area contributed by atoms with Crippen LogP contribution in [0.15, 0.2) is 65.3 Å². The Morgan fingerprint density at radius 1 is 1.03 bits per heavy atom. The molecular weight excluding hydrogens is 401 g/mol. The minimum Gasteiger partial charge on any atom is -0.469 e. The van der Waals surface area contributed by atoms with Crippen LogP contribution >= 0.6 is 0 Å².